The molecule has 0 aromatic rings. The van der Waals surface area contributed by atoms with Gasteiger partial charge in [0.1, 0.15) is 0 Å². The van der Waals surface area contributed by atoms with Gasteiger partial charge in [-0.3, -0.25) is 0 Å². The predicted octanol–water partition coefficient (Wildman–Crippen LogP) is 4.16. The molecule has 0 aromatic heterocycles. The summed E-state index contributed by atoms with van der Waals surface area (Å²) in [4.78, 5) is 0. The molecular weight excluding hydrogens is 206 g/mol. The van der Waals surface area contributed by atoms with Crippen LogP contribution in [0.3, 0.4) is 0 Å². The molecule has 0 amide bonds. The Labute approximate surface area is 111 Å². The summed E-state index contributed by atoms with van der Waals surface area (Å²) in [6.45, 7) is 4.91. The summed E-state index contributed by atoms with van der Waals surface area (Å²) in [5.74, 6) is 0. The molecule has 0 aliphatic heterocycles. The van der Waals surface area contributed by atoms with Crippen LogP contribution in [-0.4, -0.2) is 28.5 Å². The molecule has 0 nitrogen and oxygen atoms in total. The minimum atomic E-state index is 0.430. The quantitative estimate of drug-likeness (QED) is 0.502. The van der Waals surface area contributed by atoms with E-state index in [4.69, 9.17) is 0 Å². The molecule has 1 fully saturated rings. The Morgan fingerprint density at radius 1 is 1.25 bits per heavy atom. The van der Waals surface area contributed by atoms with E-state index in [9.17, 15) is 0 Å². The molecular formula is C14H22LiP. The third-order valence-corrected chi connectivity index (χ3v) is 5.99. The van der Waals surface area contributed by atoms with E-state index in [1.165, 1.54) is 38.5 Å². The van der Waals surface area contributed by atoms with Gasteiger partial charge in [-0.2, -0.15) is 0 Å². The zero-order chi connectivity index (χ0) is 11.6. The Balaban J connectivity index is 2.01. The van der Waals surface area contributed by atoms with E-state index < -0.39 is 0 Å². The molecule has 0 bridgehead atoms. The van der Waals surface area contributed by atoms with E-state index >= 15 is 0 Å². The average Bonchev–Trinajstić information content (AvgIpc) is 2.66. The van der Waals surface area contributed by atoms with E-state index in [1.807, 2.05) is 0 Å². The molecule has 0 N–H and O–H groups in total. The van der Waals surface area contributed by atoms with Crippen molar-refractivity contribution in [3.63, 3.8) is 0 Å². The zero-order valence-electron chi connectivity index (χ0n) is 11.0. The molecule has 84 valence electrons. The van der Waals surface area contributed by atoms with Gasteiger partial charge in [-0.1, -0.05) is 0 Å². The van der Waals surface area contributed by atoms with Crippen molar-refractivity contribution in [3.8, 4) is 0 Å². The van der Waals surface area contributed by atoms with Gasteiger partial charge < -0.3 is 0 Å². The predicted molar refractivity (Wildman–Crippen MR) is 75.8 cm³/mol. The normalized spacial score (nSPS) is 24.0. The molecule has 2 aliphatic carbocycles. The molecule has 1 atom stereocenters. The zero-order valence-corrected chi connectivity index (χ0v) is 12.0. The van der Waals surface area contributed by atoms with Crippen LogP contribution in [0.4, 0.5) is 0 Å². The number of allylic oxidation sites excluding steroid dienone is 4. The van der Waals surface area contributed by atoms with Crippen molar-refractivity contribution < 1.29 is 0 Å². The molecule has 2 aliphatic rings. The first kappa shape index (κ1) is 13.0. The van der Waals surface area contributed by atoms with Gasteiger partial charge >= 0.3 is 111 Å². The van der Waals surface area contributed by atoms with Crippen LogP contribution in [0, 0.1) is 0 Å². The Morgan fingerprint density at radius 3 is 2.50 bits per heavy atom. The van der Waals surface area contributed by atoms with Crippen molar-refractivity contribution in [1.29, 1.82) is 0 Å². The van der Waals surface area contributed by atoms with Crippen LogP contribution in [0.1, 0.15) is 52.4 Å². The van der Waals surface area contributed by atoms with Crippen molar-refractivity contribution in [2.45, 2.75) is 63.2 Å². The summed E-state index contributed by atoms with van der Waals surface area (Å²) in [5.41, 5.74) is 2.65. The SMILES string of the molecule is [Li][C]1=C(C(C)(C)PC2CCCCC2)C=CC1. The van der Waals surface area contributed by atoms with Crippen LogP contribution in [-0.2, 0) is 0 Å². The molecule has 0 radical (unpaired) electrons. The van der Waals surface area contributed by atoms with E-state index in [1.54, 1.807) is 9.82 Å². The third kappa shape index (κ3) is 3.04. The van der Waals surface area contributed by atoms with Crippen molar-refractivity contribution in [3.05, 3.63) is 22.0 Å². The monoisotopic (exact) mass is 228 g/mol. The van der Waals surface area contributed by atoms with Crippen molar-refractivity contribution in [2.75, 3.05) is 0 Å². The Morgan fingerprint density at radius 2 is 1.94 bits per heavy atom. The van der Waals surface area contributed by atoms with Gasteiger partial charge in [0.2, 0.25) is 0 Å². The molecule has 0 spiro atoms. The minimum absolute atomic E-state index is 0.430. The average molecular weight is 228 g/mol. The van der Waals surface area contributed by atoms with E-state index in [0.29, 0.717) is 5.16 Å². The second kappa shape index (κ2) is 5.43. The molecule has 0 aromatic carbocycles. The number of rotatable bonds is 3. The van der Waals surface area contributed by atoms with Crippen LogP contribution in [0.2, 0.25) is 0 Å². The maximum absolute atomic E-state index is 2.45. The second-order valence-electron chi connectivity index (χ2n) is 5.90. The van der Waals surface area contributed by atoms with Crippen molar-refractivity contribution >= 4 is 26.3 Å². The third-order valence-electron chi connectivity index (χ3n) is 4.01. The summed E-state index contributed by atoms with van der Waals surface area (Å²) < 4.78 is 1.60. The Kier molecular flexibility index (Phi) is 4.40. The van der Waals surface area contributed by atoms with Gasteiger partial charge in [-0.25, -0.2) is 0 Å². The van der Waals surface area contributed by atoms with Gasteiger partial charge in [0, 0.05) is 0 Å². The van der Waals surface area contributed by atoms with Gasteiger partial charge in [-0.05, 0) is 0 Å². The van der Waals surface area contributed by atoms with Crippen molar-refractivity contribution in [2.24, 2.45) is 0 Å². The fraction of sp³-hybridized carbons (Fsp3) is 0.714. The van der Waals surface area contributed by atoms with E-state index in [0.717, 1.165) is 14.2 Å². The first-order chi connectivity index (χ1) is 7.59. The molecule has 16 heavy (non-hydrogen) atoms. The first-order valence-corrected chi connectivity index (χ1v) is 7.82. The molecule has 2 rings (SSSR count). The summed E-state index contributed by atoms with van der Waals surface area (Å²) in [5, 5.41) is 0.430. The molecule has 2 heteroatoms. The summed E-state index contributed by atoms with van der Waals surface area (Å²) >= 11 is 2.31. The summed E-state index contributed by atoms with van der Waals surface area (Å²) in [7, 11) is 1.12. The van der Waals surface area contributed by atoms with E-state index in [2.05, 4.69) is 43.7 Å². The molecule has 1 unspecified atom stereocenters. The Hall–Kier alpha value is 0.507. The molecule has 0 heterocycles. The van der Waals surface area contributed by atoms with Gasteiger partial charge in [0.25, 0.3) is 0 Å². The fourth-order valence-electron chi connectivity index (χ4n) is 3.18. The number of hydrogen-bond donors (Lipinski definition) is 0. The molecule has 1 saturated carbocycles. The topological polar surface area (TPSA) is 0 Å². The van der Waals surface area contributed by atoms with Crippen molar-refractivity contribution in [1.82, 2.24) is 0 Å². The fourth-order valence-corrected chi connectivity index (χ4v) is 5.35. The standard InChI is InChI=1S/C14H22P.Li/c1-14(2,12-8-6-7-9-12)15-13-10-4-3-5-11-13;/h6,8,13,15H,3-5,7,10-11H2,1-2H3;. The maximum atomic E-state index is 2.45. The van der Waals surface area contributed by atoms with E-state index in [-0.39, 0.29) is 0 Å². The Bertz CT molecular complexity index is 309. The van der Waals surface area contributed by atoms with Crippen LogP contribution in [0.5, 0.6) is 0 Å². The van der Waals surface area contributed by atoms with Crippen LogP contribution < -0.4 is 0 Å². The summed E-state index contributed by atoms with van der Waals surface area (Å²) in [6, 6.07) is 0. The summed E-state index contributed by atoms with van der Waals surface area (Å²) in [6.07, 6.45) is 13.3. The first-order valence-electron chi connectivity index (χ1n) is 6.74. The van der Waals surface area contributed by atoms with Gasteiger partial charge in [0.15, 0.2) is 0 Å². The van der Waals surface area contributed by atoms with Crippen LogP contribution in [0.15, 0.2) is 22.0 Å². The molecule has 0 saturated heterocycles. The van der Waals surface area contributed by atoms with Crippen LogP contribution >= 0.6 is 8.58 Å². The van der Waals surface area contributed by atoms with Gasteiger partial charge in [-0.15, -0.1) is 0 Å². The second-order valence-corrected chi connectivity index (χ2v) is 8.26. The number of hydrogen-bond acceptors (Lipinski definition) is 0. The van der Waals surface area contributed by atoms with Gasteiger partial charge in [0.05, 0.1) is 0 Å². The van der Waals surface area contributed by atoms with Crippen LogP contribution in [0.25, 0.3) is 0 Å².